The molecular formula is C22H24N4O2. The summed E-state index contributed by atoms with van der Waals surface area (Å²) in [7, 11) is 0. The second-order valence-corrected chi connectivity index (χ2v) is 7.14. The van der Waals surface area contributed by atoms with Crippen LogP contribution in [-0.2, 0) is 11.2 Å². The van der Waals surface area contributed by atoms with Gasteiger partial charge < -0.3 is 15.2 Å². The largest absolute Gasteiger partial charge is 0.370 e. The van der Waals surface area contributed by atoms with Gasteiger partial charge in [0.2, 0.25) is 5.91 Å². The molecule has 0 radical (unpaired) electrons. The predicted molar refractivity (Wildman–Crippen MR) is 112 cm³/mol. The number of carbonyl (C=O) groups is 1. The van der Waals surface area contributed by atoms with Crippen molar-refractivity contribution >= 4 is 28.2 Å². The van der Waals surface area contributed by atoms with Gasteiger partial charge in [0.25, 0.3) is 5.56 Å². The molecule has 1 aromatic heterocycles. The molecule has 1 amide bonds. The monoisotopic (exact) mass is 376 g/mol. The molecule has 4 rings (SSSR count). The van der Waals surface area contributed by atoms with Crippen LogP contribution in [0.3, 0.4) is 0 Å². The van der Waals surface area contributed by atoms with Crippen LogP contribution in [0.15, 0.2) is 53.3 Å². The van der Waals surface area contributed by atoms with Gasteiger partial charge in [-0.2, -0.15) is 0 Å². The number of para-hydroxylation sites is 3. The SMILES string of the molecule is O=C(CCCc1nc2ccccc2c(=O)[nH]1)Nc1ccccc1N1CCCC1. The number of hydrogen-bond donors (Lipinski definition) is 2. The van der Waals surface area contributed by atoms with Crippen LogP contribution in [0.5, 0.6) is 0 Å². The Morgan fingerprint density at radius 3 is 2.68 bits per heavy atom. The number of nitrogens with one attached hydrogen (secondary N) is 2. The maximum atomic E-state index is 12.4. The first kappa shape index (κ1) is 18.2. The molecule has 0 bridgehead atoms. The molecule has 0 unspecified atom stereocenters. The average molecular weight is 376 g/mol. The van der Waals surface area contributed by atoms with Gasteiger partial charge in [-0.05, 0) is 43.5 Å². The summed E-state index contributed by atoms with van der Waals surface area (Å²) in [5.74, 6) is 0.601. The van der Waals surface area contributed by atoms with E-state index in [9.17, 15) is 9.59 Å². The molecule has 0 aliphatic carbocycles. The fourth-order valence-corrected chi connectivity index (χ4v) is 3.70. The Morgan fingerprint density at radius 1 is 1.07 bits per heavy atom. The lowest BCUT2D eigenvalue weighted by Crippen LogP contribution is -2.21. The highest BCUT2D eigenvalue weighted by molar-refractivity contribution is 5.94. The van der Waals surface area contributed by atoms with Crippen molar-refractivity contribution in [1.29, 1.82) is 0 Å². The number of anilines is 2. The smallest absolute Gasteiger partial charge is 0.258 e. The minimum atomic E-state index is -0.135. The van der Waals surface area contributed by atoms with E-state index in [2.05, 4.69) is 26.3 Å². The lowest BCUT2D eigenvalue weighted by Gasteiger charge is -2.21. The quantitative estimate of drug-likeness (QED) is 0.690. The number of hydrogen-bond acceptors (Lipinski definition) is 4. The maximum absolute atomic E-state index is 12.4. The number of amides is 1. The van der Waals surface area contributed by atoms with Gasteiger partial charge in [-0.3, -0.25) is 9.59 Å². The molecule has 0 spiro atoms. The summed E-state index contributed by atoms with van der Waals surface area (Å²) < 4.78 is 0. The van der Waals surface area contributed by atoms with E-state index in [1.54, 1.807) is 6.07 Å². The van der Waals surface area contributed by atoms with E-state index in [1.807, 2.05) is 36.4 Å². The Hall–Kier alpha value is -3.15. The van der Waals surface area contributed by atoms with E-state index in [-0.39, 0.29) is 11.5 Å². The van der Waals surface area contributed by atoms with E-state index in [1.165, 1.54) is 12.8 Å². The van der Waals surface area contributed by atoms with Crippen LogP contribution in [0.4, 0.5) is 11.4 Å². The number of aromatic amines is 1. The molecular weight excluding hydrogens is 352 g/mol. The summed E-state index contributed by atoms with van der Waals surface area (Å²) in [5.41, 5.74) is 2.51. The van der Waals surface area contributed by atoms with Gasteiger partial charge in [0.05, 0.1) is 22.3 Å². The van der Waals surface area contributed by atoms with Gasteiger partial charge in [0.1, 0.15) is 5.82 Å². The summed E-state index contributed by atoms with van der Waals surface area (Å²) >= 11 is 0. The second-order valence-electron chi connectivity index (χ2n) is 7.14. The first-order valence-electron chi connectivity index (χ1n) is 9.82. The molecule has 1 aliphatic heterocycles. The third kappa shape index (κ3) is 4.06. The molecule has 2 aromatic carbocycles. The number of fused-ring (bicyclic) bond motifs is 1. The van der Waals surface area contributed by atoms with Crippen molar-refractivity contribution in [1.82, 2.24) is 9.97 Å². The van der Waals surface area contributed by atoms with Crippen LogP contribution in [0.25, 0.3) is 10.9 Å². The molecule has 1 fully saturated rings. The molecule has 2 N–H and O–H groups in total. The Balaban J connectivity index is 1.36. The molecule has 6 heteroatoms. The van der Waals surface area contributed by atoms with Crippen LogP contribution >= 0.6 is 0 Å². The molecule has 2 heterocycles. The zero-order valence-corrected chi connectivity index (χ0v) is 15.8. The molecule has 0 saturated carbocycles. The van der Waals surface area contributed by atoms with Gasteiger partial charge in [-0.15, -0.1) is 0 Å². The normalized spacial score (nSPS) is 13.8. The standard InChI is InChI=1S/C22H24N4O2/c27-21(24-18-10-3-4-11-19(18)26-14-5-6-15-26)13-7-12-20-23-17-9-2-1-8-16(17)22(28)25-20/h1-4,8-11H,5-7,12-15H2,(H,24,27)(H,23,25,28). The highest BCUT2D eigenvalue weighted by atomic mass is 16.1. The summed E-state index contributed by atoms with van der Waals surface area (Å²) in [6, 6.07) is 15.2. The highest BCUT2D eigenvalue weighted by Crippen LogP contribution is 2.28. The van der Waals surface area contributed by atoms with E-state index in [0.717, 1.165) is 24.5 Å². The summed E-state index contributed by atoms with van der Waals surface area (Å²) in [6.45, 7) is 2.07. The number of aryl methyl sites for hydroxylation is 1. The number of nitrogens with zero attached hydrogens (tertiary/aromatic N) is 2. The predicted octanol–water partition coefficient (Wildman–Crippen LogP) is 3.48. The average Bonchev–Trinajstić information content (AvgIpc) is 3.23. The number of benzene rings is 2. The number of rotatable bonds is 6. The minimum Gasteiger partial charge on any atom is -0.370 e. The van der Waals surface area contributed by atoms with Crippen LogP contribution < -0.4 is 15.8 Å². The van der Waals surface area contributed by atoms with Crippen LogP contribution in [0.2, 0.25) is 0 Å². The number of aromatic nitrogens is 2. The molecule has 28 heavy (non-hydrogen) atoms. The zero-order valence-electron chi connectivity index (χ0n) is 15.8. The van der Waals surface area contributed by atoms with Gasteiger partial charge in [0.15, 0.2) is 0 Å². The van der Waals surface area contributed by atoms with E-state index in [4.69, 9.17) is 0 Å². The lowest BCUT2D eigenvalue weighted by molar-refractivity contribution is -0.116. The van der Waals surface area contributed by atoms with Crippen molar-refractivity contribution in [2.75, 3.05) is 23.3 Å². The second kappa shape index (κ2) is 8.25. The lowest BCUT2D eigenvalue weighted by atomic mass is 10.2. The molecule has 0 atom stereocenters. The summed E-state index contributed by atoms with van der Waals surface area (Å²) in [4.78, 5) is 34.2. The Labute approximate surface area is 163 Å². The third-order valence-electron chi connectivity index (χ3n) is 5.10. The molecule has 1 saturated heterocycles. The van der Waals surface area contributed by atoms with E-state index in [0.29, 0.717) is 36.0 Å². The van der Waals surface area contributed by atoms with E-state index >= 15 is 0 Å². The van der Waals surface area contributed by atoms with Gasteiger partial charge in [-0.25, -0.2) is 4.98 Å². The fraction of sp³-hybridized carbons (Fsp3) is 0.318. The van der Waals surface area contributed by atoms with Crippen molar-refractivity contribution in [3.05, 3.63) is 64.7 Å². The fourth-order valence-electron chi connectivity index (χ4n) is 3.70. The van der Waals surface area contributed by atoms with Crippen molar-refractivity contribution in [3.63, 3.8) is 0 Å². The molecule has 144 valence electrons. The van der Waals surface area contributed by atoms with Crippen molar-refractivity contribution in [3.8, 4) is 0 Å². The molecule has 6 nitrogen and oxygen atoms in total. The minimum absolute atomic E-state index is 0.0187. The Bertz CT molecular complexity index is 1040. The van der Waals surface area contributed by atoms with Gasteiger partial charge in [-0.1, -0.05) is 24.3 Å². The Morgan fingerprint density at radius 2 is 1.82 bits per heavy atom. The molecule has 3 aromatic rings. The summed E-state index contributed by atoms with van der Waals surface area (Å²) in [5, 5.41) is 3.63. The van der Waals surface area contributed by atoms with Crippen LogP contribution in [0, 0.1) is 0 Å². The maximum Gasteiger partial charge on any atom is 0.258 e. The highest BCUT2D eigenvalue weighted by Gasteiger charge is 2.16. The first-order chi connectivity index (χ1) is 13.7. The van der Waals surface area contributed by atoms with E-state index < -0.39 is 0 Å². The van der Waals surface area contributed by atoms with Crippen molar-refractivity contribution in [2.24, 2.45) is 0 Å². The van der Waals surface area contributed by atoms with Crippen LogP contribution in [0.1, 0.15) is 31.5 Å². The van der Waals surface area contributed by atoms with Crippen molar-refractivity contribution < 1.29 is 4.79 Å². The topological polar surface area (TPSA) is 78.1 Å². The van der Waals surface area contributed by atoms with Gasteiger partial charge >= 0.3 is 0 Å². The number of carbonyl (C=O) groups excluding carboxylic acids is 1. The van der Waals surface area contributed by atoms with Gasteiger partial charge in [0, 0.05) is 25.9 Å². The van der Waals surface area contributed by atoms with Crippen molar-refractivity contribution in [2.45, 2.75) is 32.1 Å². The zero-order chi connectivity index (χ0) is 19.3. The first-order valence-corrected chi connectivity index (χ1v) is 9.82. The molecule has 1 aliphatic rings. The Kier molecular flexibility index (Phi) is 5.37. The van der Waals surface area contributed by atoms with Crippen LogP contribution in [-0.4, -0.2) is 29.0 Å². The number of H-pyrrole nitrogens is 1. The summed E-state index contributed by atoms with van der Waals surface area (Å²) in [6.07, 6.45) is 3.95. The third-order valence-corrected chi connectivity index (χ3v) is 5.10.